The molecular weight excluding hydrogens is 510 g/mol. The third-order valence-electron chi connectivity index (χ3n) is 8.42. The van der Waals surface area contributed by atoms with Crippen LogP contribution in [0.4, 0.5) is 5.82 Å². The number of rotatable bonds is 10. The van der Waals surface area contributed by atoms with Crippen LogP contribution in [0.1, 0.15) is 56.1 Å². The highest BCUT2D eigenvalue weighted by molar-refractivity contribution is 6.30. The Morgan fingerprint density at radius 3 is 2.69 bits per heavy atom. The van der Waals surface area contributed by atoms with Crippen molar-refractivity contribution in [2.75, 3.05) is 44.2 Å². The molecule has 1 aromatic carbocycles. The number of aromatic nitrogens is 1. The van der Waals surface area contributed by atoms with Crippen LogP contribution in [0.15, 0.2) is 43.1 Å². The average Bonchev–Trinajstić information content (AvgIpc) is 3.65. The molecule has 2 unspecified atom stereocenters. The van der Waals surface area contributed by atoms with Gasteiger partial charge in [0.1, 0.15) is 11.6 Å². The summed E-state index contributed by atoms with van der Waals surface area (Å²) < 4.78 is 6.10. The zero-order chi connectivity index (χ0) is 27.2. The molecule has 0 aliphatic carbocycles. The van der Waals surface area contributed by atoms with Crippen LogP contribution >= 0.6 is 11.6 Å². The number of likely N-dealkylation sites (tertiary alicyclic amines) is 1. The summed E-state index contributed by atoms with van der Waals surface area (Å²) in [6.07, 6.45) is 9.40. The molecule has 1 amide bonds. The average molecular weight is 552 g/mol. The van der Waals surface area contributed by atoms with E-state index in [-0.39, 0.29) is 18.0 Å². The lowest BCUT2D eigenvalue weighted by atomic mass is 9.92. The number of hydrogen-bond donors (Lipinski definition) is 2. The van der Waals surface area contributed by atoms with Crippen LogP contribution in [0.25, 0.3) is 5.70 Å². The fourth-order valence-electron chi connectivity index (χ4n) is 6.15. The number of aryl methyl sites for hydroxylation is 1. The molecule has 0 spiro atoms. The molecule has 0 saturated carbocycles. The molecule has 0 radical (unpaired) electrons. The number of amides is 1. The first-order chi connectivity index (χ1) is 19.0. The van der Waals surface area contributed by atoms with Gasteiger partial charge in [-0.1, -0.05) is 18.2 Å². The lowest BCUT2D eigenvalue weighted by molar-refractivity contribution is -0.132. The Morgan fingerprint density at radius 1 is 1.18 bits per heavy atom. The minimum Gasteiger partial charge on any atom is -0.494 e. The number of pyridine rings is 1. The molecule has 7 nitrogen and oxygen atoms in total. The molecular formula is C31H42ClN5O2. The highest BCUT2D eigenvalue weighted by atomic mass is 35.5. The second-order valence-corrected chi connectivity index (χ2v) is 11.7. The van der Waals surface area contributed by atoms with Gasteiger partial charge >= 0.3 is 0 Å². The van der Waals surface area contributed by atoms with E-state index >= 15 is 0 Å². The number of ether oxygens (including phenoxy) is 1. The SMILES string of the molecule is C=C(NC1CNC(C(=O)N2CCCC2)C1)c1ccc(OCCCC2CCN(c3ccc(Cl)cn3)CC2)cc1C. The number of anilines is 1. The van der Waals surface area contributed by atoms with Gasteiger partial charge in [0.05, 0.1) is 17.7 Å². The van der Waals surface area contributed by atoms with E-state index in [1.807, 2.05) is 23.1 Å². The first-order valence-electron chi connectivity index (χ1n) is 14.5. The molecule has 3 fully saturated rings. The largest absolute Gasteiger partial charge is 0.494 e. The molecule has 3 aliphatic heterocycles. The molecule has 3 aliphatic rings. The Labute approximate surface area is 237 Å². The van der Waals surface area contributed by atoms with Gasteiger partial charge in [0, 0.05) is 56.2 Å². The van der Waals surface area contributed by atoms with Crippen LogP contribution < -0.4 is 20.3 Å². The Balaban J connectivity index is 1.01. The van der Waals surface area contributed by atoms with Crippen LogP contribution in [0.5, 0.6) is 5.75 Å². The molecule has 2 atom stereocenters. The predicted octanol–water partition coefficient (Wildman–Crippen LogP) is 5.03. The fraction of sp³-hybridized carbons (Fsp3) is 0.548. The Kier molecular flexibility index (Phi) is 9.30. The van der Waals surface area contributed by atoms with Crippen molar-refractivity contribution in [3.63, 3.8) is 0 Å². The molecule has 3 saturated heterocycles. The third-order valence-corrected chi connectivity index (χ3v) is 8.65. The number of halogens is 1. The number of carbonyl (C=O) groups excluding carboxylic acids is 1. The summed E-state index contributed by atoms with van der Waals surface area (Å²) in [7, 11) is 0. The number of benzene rings is 1. The topological polar surface area (TPSA) is 69.7 Å². The van der Waals surface area contributed by atoms with Crippen molar-refractivity contribution in [1.82, 2.24) is 20.5 Å². The molecule has 39 heavy (non-hydrogen) atoms. The number of nitrogens with zero attached hydrogens (tertiary/aromatic N) is 3. The van der Waals surface area contributed by atoms with Gasteiger partial charge in [-0.25, -0.2) is 4.98 Å². The zero-order valence-corrected chi connectivity index (χ0v) is 23.9. The summed E-state index contributed by atoms with van der Waals surface area (Å²) in [4.78, 5) is 21.5. The van der Waals surface area contributed by atoms with E-state index in [0.29, 0.717) is 5.02 Å². The van der Waals surface area contributed by atoms with Crippen LogP contribution in [0.2, 0.25) is 5.02 Å². The van der Waals surface area contributed by atoms with Crippen LogP contribution in [-0.2, 0) is 4.79 Å². The molecule has 8 heteroatoms. The second kappa shape index (κ2) is 13.1. The van der Waals surface area contributed by atoms with Gasteiger partial charge in [-0.2, -0.15) is 0 Å². The minimum absolute atomic E-state index is 0.0849. The minimum atomic E-state index is -0.0849. The Bertz CT molecular complexity index is 1130. The van der Waals surface area contributed by atoms with Crippen molar-refractivity contribution in [2.24, 2.45) is 5.92 Å². The van der Waals surface area contributed by atoms with Crippen molar-refractivity contribution in [1.29, 1.82) is 0 Å². The molecule has 5 rings (SSSR count). The molecule has 0 bridgehead atoms. The first kappa shape index (κ1) is 27.8. The second-order valence-electron chi connectivity index (χ2n) is 11.3. The molecule has 4 heterocycles. The van der Waals surface area contributed by atoms with Crippen molar-refractivity contribution in [2.45, 2.75) is 64.0 Å². The number of nitrogens with one attached hydrogen (secondary N) is 2. The highest BCUT2D eigenvalue weighted by Gasteiger charge is 2.33. The standard InChI is InChI=1S/C31H42ClN5O2/c1-22-18-27(39-17-5-6-24-11-15-36(16-12-24)30-10-7-25(32)20-34-30)8-9-28(22)23(2)35-26-19-29(33-21-26)31(38)37-13-3-4-14-37/h7-10,18,20,24,26,29,33,35H,2-6,11-17,19,21H2,1H3. The van der Waals surface area contributed by atoms with Gasteiger partial charge in [-0.05, 0) is 93.7 Å². The van der Waals surface area contributed by atoms with Gasteiger partial charge in [-0.3, -0.25) is 4.79 Å². The van der Waals surface area contributed by atoms with Gasteiger partial charge < -0.3 is 25.2 Å². The highest BCUT2D eigenvalue weighted by Crippen LogP contribution is 2.27. The van der Waals surface area contributed by atoms with Crippen molar-refractivity contribution < 1.29 is 9.53 Å². The summed E-state index contributed by atoms with van der Waals surface area (Å²) in [6.45, 7) is 11.8. The van der Waals surface area contributed by atoms with E-state index in [4.69, 9.17) is 16.3 Å². The van der Waals surface area contributed by atoms with E-state index in [0.717, 1.165) is 99.3 Å². The summed E-state index contributed by atoms with van der Waals surface area (Å²) >= 11 is 5.97. The smallest absolute Gasteiger partial charge is 0.239 e. The van der Waals surface area contributed by atoms with Crippen molar-refractivity contribution in [3.8, 4) is 5.75 Å². The number of piperidine rings is 1. The summed E-state index contributed by atoms with van der Waals surface area (Å²) in [6, 6.07) is 10.3. The summed E-state index contributed by atoms with van der Waals surface area (Å²) in [5, 5.41) is 7.64. The lowest BCUT2D eigenvalue weighted by Crippen LogP contribution is -2.42. The van der Waals surface area contributed by atoms with E-state index in [9.17, 15) is 4.79 Å². The lowest BCUT2D eigenvalue weighted by Gasteiger charge is -2.32. The quantitative estimate of drug-likeness (QED) is 0.404. The van der Waals surface area contributed by atoms with Crippen LogP contribution in [0, 0.1) is 12.8 Å². The van der Waals surface area contributed by atoms with Gasteiger partial charge in [0.15, 0.2) is 0 Å². The molecule has 2 N–H and O–H groups in total. The van der Waals surface area contributed by atoms with E-state index in [1.165, 1.54) is 19.3 Å². The summed E-state index contributed by atoms with van der Waals surface area (Å²) in [5.41, 5.74) is 3.14. The normalized spacial score (nSPS) is 21.8. The summed E-state index contributed by atoms with van der Waals surface area (Å²) in [5.74, 6) is 2.92. The van der Waals surface area contributed by atoms with Crippen molar-refractivity contribution in [3.05, 3.63) is 59.3 Å². The van der Waals surface area contributed by atoms with Gasteiger partial charge in [0.25, 0.3) is 0 Å². The number of hydrogen-bond acceptors (Lipinski definition) is 6. The fourth-order valence-corrected chi connectivity index (χ4v) is 6.26. The van der Waals surface area contributed by atoms with Crippen molar-refractivity contribution >= 4 is 29.0 Å². The first-order valence-corrected chi connectivity index (χ1v) is 14.9. The maximum absolute atomic E-state index is 12.7. The number of carbonyl (C=O) groups is 1. The molecule has 210 valence electrons. The Morgan fingerprint density at radius 2 is 1.97 bits per heavy atom. The van der Waals surface area contributed by atoms with Crippen LogP contribution in [0.3, 0.4) is 0 Å². The van der Waals surface area contributed by atoms with E-state index in [1.54, 1.807) is 6.20 Å². The van der Waals surface area contributed by atoms with Gasteiger partial charge in [-0.15, -0.1) is 0 Å². The maximum atomic E-state index is 12.7. The Hall–Kier alpha value is -2.77. The molecule has 2 aromatic rings. The van der Waals surface area contributed by atoms with E-state index < -0.39 is 0 Å². The molecule has 1 aromatic heterocycles. The zero-order valence-electron chi connectivity index (χ0n) is 23.1. The predicted molar refractivity (Wildman–Crippen MR) is 158 cm³/mol. The third kappa shape index (κ3) is 7.25. The monoisotopic (exact) mass is 551 g/mol. The maximum Gasteiger partial charge on any atom is 0.239 e. The van der Waals surface area contributed by atoms with E-state index in [2.05, 4.69) is 46.2 Å². The van der Waals surface area contributed by atoms with Gasteiger partial charge in [0.2, 0.25) is 5.91 Å². The van der Waals surface area contributed by atoms with Crippen LogP contribution in [-0.4, -0.2) is 67.2 Å².